The van der Waals surface area contributed by atoms with Crippen LogP contribution in [0.3, 0.4) is 0 Å². The topological polar surface area (TPSA) is 38.7 Å². The Hall–Kier alpha value is -6.23. The van der Waals surface area contributed by atoms with E-state index in [-0.39, 0.29) is 60.4 Å². The van der Waals surface area contributed by atoms with Crippen molar-refractivity contribution in [3.05, 3.63) is 176 Å². The van der Waals surface area contributed by atoms with Crippen LogP contribution in [0.5, 0.6) is 0 Å². The van der Waals surface area contributed by atoms with Gasteiger partial charge in [-0.25, -0.2) is 15.0 Å². The predicted molar refractivity (Wildman–Crippen MR) is 205 cm³/mol. The lowest BCUT2D eigenvalue weighted by atomic mass is 10.0. The first-order chi connectivity index (χ1) is 28.8. The number of nitrogens with zero attached hydrogens (tertiary/aromatic N) is 3. The summed E-state index contributed by atoms with van der Waals surface area (Å²) >= 11 is 0.861. The van der Waals surface area contributed by atoms with Crippen molar-refractivity contribution in [3.63, 3.8) is 0 Å². The quantitative estimate of drug-likeness (QED) is 0.179. The summed E-state index contributed by atoms with van der Waals surface area (Å²) in [6, 6.07) is 29.3. The van der Waals surface area contributed by atoms with Crippen LogP contribution >= 0.6 is 11.3 Å². The van der Waals surface area contributed by atoms with Gasteiger partial charge in [-0.1, -0.05) is 164 Å². The van der Waals surface area contributed by atoms with Crippen molar-refractivity contribution in [1.29, 1.82) is 0 Å². The molecule has 0 saturated carbocycles. The van der Waals surface area contributed by atoms with Crippen LogP contribution in [0.2, 0.25) is 0 Å². The number of thiophene rings is 1. The Kier molecular flexibility index (Phi) is 4.96. The van der Waals surface area contributed by atoms with E-state index in [0.717, 1.165) is 33.6 Å². The molecule has 0 aliphatic carbocycles. The lowest BCUT2D eigenvalue weighted by molar-refractivity contribution is 1.07. The normalized spacial score (nSPS) is 14.4. The van der Waals surface area contributed by atoms with Crippen LogP contribution in [-0.2, 0) is 0 Å². The van der Waals surface area contributed by atoms with Crippen LogP contribution in [0.4, 0.5) is 0 Å². The van der Waals surface area contributed by atoms with Gasteiger partial charge in [0.15, 0.2) is 17.5 Å². The maximum Gasteiger partial charge on any atom is 0.164 e. The summed E-state index contributed by atoms with van der Waals surface area (Å²) < 4.78 is 97.6. The molecule has 0 N–H and O–H groups in total. The number of aromatic nitrogens is 3. The van der Waals surface area contributed by atoms with Crippen LogP contribution in [0, 0.1) is 0 Å². The molecule has 0 radical (unpaired) electrons. The van der Waals surface area contributed by atoms with Gasteiger partial charge >= 0.3 is 0 Å². The fraction of sp³-hybridized carbons (Fsp3) is 0. The molecule has 2 heterocycles. The molecule has 49 heavy (non-hydrogen) atoms. The zero-order valence-electron chi connectivity index (χ0n) is 36.6. The molecule has 230 valence electrons. The molecule has 0 saturated heterocycles. The summed E-state index contributed by atoms with van der Waals surface area (Å²) in [6.45, 7) is 0. The van der Waals surface area contributed by atoms with Crippen LogP contribution in [0.25, 0.3) is 87.7 Å². The van der Waals surface area contributed by atoms with Crippen LogP contribution in [0.15, 0.2) is 176 Å². The van der Waals surface area contributed by atoms with Gasteiger partial charge in [0.1, 0.15) is 0 Å². The summed E-state index contributed by atoms with van der Waals surface area (Å²) in [5.41, 5.74) is 4.46. The molecule has 9 aromatic rings. The smallest absolute Gasteiger partial charge is 0.164 e. The molecule has 0 unspecified atom stereocenters. The third-order valence-electron chi connectivity index (χ3n) is 8.17. The van der Waals surface area contributed by atoms with E-state index in [0.29, 0.717) is 11.1 Å². The van der Waals surface area contributed by atoms with Gasteiger partial charge in [-0.2, -0.15) is 0 Å². The van der Waals surface area contributed by atoms with E-state index >= 15 is 0 Å². The molecule has 2 aromatic heterocycles. The standard InChI is InChI=1S/C45H29N3S/c1-3-11-30(12-4-1)32-21-25-34(26-22-32)43-46-44(35-27-23-33(24-28-35)31-13-5-2-6-14-31)48-45(47-43)37-16-9-15-36(29-37)38-18-10-19-40-39-17-7-8-20-41(39)49-42(38)40/h1-29H/i7D,8D,9D,10D,15D,16D,17D,18D,19D,20D,29D. The predicted octanol–water partition coefficient (Wildman–Crippen LogP) is 12.2. The van der Waals surface area contributed by atoms with Crippen molar-refractivity contribution in [3.8, 4) is 67.5 Å². The minimum Gasteiger partial charge on any atom is -0.208 e. The van der Waals surface area contributed by atoms with E-state index in [2.05, 4.69) is 0 Å². The molecule has 4 heteroatoms. The molecule has 0 atom stereocenters. The highest BCUT2D eigenvalue weighted by Crippen LogP contribution is 2.40. The van der Waals surface area contributed by atoms with Crippen molar-refractivity contribution >= 4 is 31.5 Å². The Morgan fingerprint density at radius 2 is 0.857 bits per heavy atom. The van der Waals surface area contributed by atoms with Crippen LogP contribution in [-0.4, -0.2) is 15.0 Å². The van der Waals surface area contributed by atoms with E-state index in [4.69, 9.17) is 28.7 Å². The maximum absolute atomic E-state index is 9.64. The van der Waals surface area contributed by atoms with Crippen molar-refractivity contribution in [2.24, 2.45) is 0 Å². The molecule has 7 aromatic carbocycles. The minimum absolute atomic E-state index is 0.00874. The summed E-state index contributed by atoms with van der Waals surface area (Å²) in [5.74, 6) is 0.292. The van der Waals surface area contributed by atoms with E-state index in [1.165, 1.54) is 0 Å². The first-order valence-corrected chi connectivity index (χ1v) is 16.3. The van der Waals surface area contributed by atoms with Crippen LogP contribution < -0.4 is 0 Å². The van der Waals surface area contributed by atoms with Gasteiger partial charge in [-0.3, -0.25) is 0 Å². The van der Waals surface area contributed by atoms with Crippen molar-refractivity contribution < 1.29 is 15.1 Å². The Balaban J connectivity index is 1.30. The molecule has 0 aliphatic heterocycles. The Morgan fingerprint density at radius 3 is 1.47 bits per heavy atom. The second-order valence-electron chi connectivity index (χ2n) is 11.2. The molecule has 0 aliphatic rings. The van der Waals surface area contributed by atoms with Crippen molar-refractivity contribution in [2.45, 2.75) is 0 Å². The van der Waals surface area contributed by atoms with Crippen molar-refractivity contribution in [1.82, 2.24) is 15.0 Å². The van der Waals surface area contributed by atoms with Gasteiger partial charge in [-0.15, -0.1) is 11.3 Å². The summed E-state index contributed by atoms with van der Waals surface area (Å²) in [6.07, 6.45) is 0. The number of fused-ring (bicyclic) bond motifs is 3. The fourth-order valence-corrected chi connectivity index (χ4v) is 6.79. The van der Waals surface area contributed by atoms with Gasteiger partial charge in [-0.05, 0) is 45.5 Å². The summed E-state index contributed by atoms with van der Waals surface area (Å²) in [5, 5.41) is -0.0342. The average Bonchev–Trinajstić information content (AvgIpc) is 3.69. The highest BCUT2D eigenvalue weighted by molar-refractivity contribution is 7.26. The highest BCUT2D eigenvalue weighted by Gasteiger charge is 2.15. The second-order valence-corrected chi connectivity index (χ2v) is 12.2. The number of hydrogen-bond donors (Lipinski definition) is 0. The summed E-state index contributed by atoms with van der Waals surface area (Å²) in [4.78, 5) is 14.4. The summed E-state index contributed by atoms with van der Waals surface area (Å²) in [7, 11) is 0. The van der Waals surface area contributed by atoms with Gasteiger partial charge in [0, 0.05) is 36.9 Å². The van der Waals surface area contributed by atoms with Gasteiger partial charge in [0.2, 0.25) is 0 Å². The molecular weight excluding hydrogens is 615 g/mol. The number of benzene rings is 7. The Morgan fingerprint density at radius 1 is 0.388 bits per heavy atom. The molecule has 0 bridgehead atoms. The van der Waals surface area contributed by atoms with Gasteiger partial charge in [0.25, 0.3) is 0 Å². The first-order valence-electron chi connectivity index (χ1n) is 21.0. The highest BCUT2D eigenvalue weighted by atomic mass is 32.1. The maximum atomic E-state index is 9.64. The molecule has 3 nitrogen and oxygen atoms in total. The van der Waals surface area contributed by atoms with E-state index in [1.54, 1.807) is 0 Å². The fourth-order valence-electron chi connectivity index (χ4n) is 5.72. The number of hydrogen-bond acceptors (Lipinski definition) is 4. The van der Waals surface area contributed by atoms with Crippen molar-refractivity contribution in [2.75, 3.05) is 0 Å². The van der Waals surface area contributed by atoms with Gasteiger partial charge in [0.05, 0.1) is 15.1 Å². The van der Waals surface area contributed by atoms with Crippen LogP contribution in [0.1, 0.15) is 15.1 Å². The third-order valence-corrected chi connectivity index (χ3v) is 9.29. The molecule has 9 rings (SSSR count). The zero-order chi connectivity index (χ0) is 42.1. The molecular formula is C45H29N3S. The SMILES string of the molecule is [2H]c1c([2H])c(-c2nc(-c3ccc(-c4ccccc4)cc3)nc(-c3ccc(-c4ccccc4)cc3)n2)c([2H])c(-c2c([2H])c([2H])c([2H])c3c2sc2c([2H])c([2H])c([2H])c([2H])c23)c1[2H]. The second kappa shape index (κ2) is 12.4. The minimum atomic E-state index is -0.599. The lowest BCUT2D eigenvalue weighted by Crippen LogP contribution is -2.00. The van der Waals surface area contributed by atoms with Gasteiger partial charge < -0.3 is 0 Å². The van der Waals surface area contributed by atoms with E-state index in [9.17, 15) is 1.37 Å². The monoisotopic (exact) mass is 654 g/mol. The number of rotatable bonds is 6. The zero-order valence-corrected chi connectivity index (χ0v) is 26.5. The average molecular weight is 655 g/mol. The molecule has 0 fully saturated rings. The largest absolute Gasteiger partial charge is 0.208 e. The van der Waals surface area contributed by atoms with E-state index < -0.39 is 60.4 Å². The molecule has 0 amide bonds. The molecule has 0 spiro atoms. The van der Waals surface area contributed by atoms with E-state index in [1.807, 2.05) is 109 Å². The lowest BCUT2D eigenvalue weighted by Gasteiger charge is -2.11. The Bertz CT molecular complexity index is 3090. The Labute approximate surface area is 304 Å². The first kappa shape index (κ1) is 19.6. The third kappa shape index (κ3) is 5.58.